The average molecular weight is 208 g/mol. The minimum absolute atomic E-state index is 0.179. The maximum Gasteiger partial charge on any atom is 0.307 e. The molecule has 1 aromatic heterocycles. The Morgan fingerprint density at radius 3 is 3.00 bits per heavy atom. The quantitative estimate of drug-likeness (QED) is 0.819. The molecule has 15 heavy (non-hydrogen) atoms. The SMILES string of the molecule is CC(C)Cn1cc(C2CC2C(=O)O)cn1. The molecule has 1 aromatic rings. The summed E-state index contributed by atoms with van der Waals surface area (Å²) in [5.74, 6) is -0.103. The van der Waals surface area contributed by atoms with Gasteiger partial charge in [0.05, 0.1) is 12.1 Å². The Labute approximate surface area is 88.9 Å². The third-order valence-electron chi connectivity index (χ3n) is 2.74. The molecule has 2 rings (SSSR count). The molecular weight excluding hydrogens is 192 g/mol. The third-order valence-corrected chi connectivity index (χ3v) is 2.74. The fourth-order valence-electron chi connectivity index (χ4n) is 1.88. The van der Waals surface area contributed by atoms with Crippen LogP contribution in [0.5, 0.6) is 0 Å². The molecule has 1 N–H and O–H groups in total. The zero-order valence-electron chi connectivity index (χ0n) is 9.05. The van der Waals surface area contributed by atoms with Crippen LogP contribution in [-0.2, 0) is 11.3 Å². The number of rotatable bonds is 4. The lowest BCUT2D eigenvalue weighted by molar-refractivity contribution is -0.138. The maximum atomic E-state index is 10.7. The van der Waals surface area contributed by atoms with Crippen LogP contribution in [0, 0.1) is 11.8 Å². The lowest BCUT2D eigenvalue weighted by Gasteiger charge is -2.03. The van der Waals surface area contributed by atoms with Gasteiger partial charge in [0, 0.05) is 18.7 Å². The Balaban J connectivity index is 2.00. The maximum absolute atomic E-state index is 10.7. The van der Waals surface area contributed by atoms with Crippen LogP contribution in [0.2, 0.25) is 0 Å². The first-order valence-electron chi connectivity index (χ1n) is 5.33. The van der Waals surface area contributed by atoms with Gasteiger partial charge in [-0.25, -0.2) is 0 Å². The minimum Gasteiger partial charge on any atom is -0.481 e. The molecule has 2 atom stereocenters. The second-order valence-corrected chi connectivity index (χ2v) is 4.68. The van der Waals surface area contributed by atoms with E-state index in [2.05, 4.69) is 18.9 Å². The number of aliphatic carboxylic acids is 1. The van der Waals surface area contributed by atoms with Gasteiger partial charge in [-0.3, -0.25) is 9.48 Å². The molecule has 82 valence electrons. The summed E-state index contributed by atoms with van der Waals surface area (Å²) in [6, 6.07) is 0. The number of aromatic nitrogens is 2. The van der Waals surface area contributed by atoms with Crippen molar-refractivity contribution in [1.82, 2.24) is 9.78 Å². The zero-order valence-corrected chi connectivity index (χ0v) is 9.05. The Morgan fingerprint density at radius 1 is 1.73 bits per heavy atom. The highest BCUT2D eigenvalue weighted by molar-refractivity contribution is 5.75. The molecule has 1 heterocycles. The largest absolute Gasteiger partial charge is 0.481 e. The predicted molar refractivity (Wildman–Crippen MR) is 55.5 cm³/mol. The summed E-state index contributed by atoms with van der Waals surface area (Å²) in [6.45, 7) is 5.17. The van der Waals surface area contributed by atoms with E-state index in [4.69, 9.17) is 5.11 Å². The molecule has 0 bridgehead atoms. The van der Waals surface area contributed by atoms with E-state index >= 15 is 0 Å². The monoisotopic (exact) mass is 208 g/mol. The number of nitrogens with zero attached hydrogens (tertiary/aromatic N) is 2. The standard InChI is InChI=1S/C11H16N2O2/c1-7(2)5-13-6-8(4-12-13)9-3-10(9)11(14)15/h4,6-7,9-10H,3,5H2,1-2H3,(H,14,15). The molecule has 0 aromatic carbocycles. The number of carboxylic acids is 1. The molecule has 0 aliphatic heterocycles. The van der Waals surface area contributed by atoms with Gasteiger partial charge in [0.2, 0.25) is 0 Å². The van der Waals surface area contributed by atoms with Crippen molar-refractivity contribution in [1.29, 1.82) is 0 Å². The third kappa shape index (κ3) is 2.19. The van der Waals surface area contributed by atoms with Crippen molar-refractivity contribution in [2.75, 3.05) is 0 Å². The molecule has 1 aliphatic rings. The predicted octanol–water partition coefficient (Wildman–Crippen LogP) is 1.73. The van der Waals surface area contributed by atoms with E-state index < -0.39 is 5.97 Å². The van der Waals surface area contributed by atoms with Crippen LogP contribution in [0.4, 0.5) is 0 Å². The smallest absolute Gasteiger partial charge is 0.307 e. The number of carboxylic acid groups (broad SMARTS) is 1. The molecule has 0 saturated heterocycles. The second kappa shape index (κ2) is 3.68. The van der Waals surface area contributed by atoms with Crippen molar-refractivity contribution in [2.45, 2.75) is 32.7 Å². The van der Waals surface area contributed by atoms with Gasteiger partial charge >= 0.3 is 5.97 Å². The number of hydrogen-bond acceptors (Lipinski definition) is 2. The van der Waals surface area contributed by atoms with Crippen LogP contribution in [0.25, 0.3) is 0 Å². The van der Waals surface area contributed by atoms with Crippen molar-refractivity contribution in [3.63, 3.8) is 0 Å². The van der Waals surface area contributed by atoms with Crippen LogP contribution < -0.4 is 0 Å². The van der Waals surface area contributed by atoms with Gasteiger partial charge < -0.3 is 5.11 Å². The van der Waals surface area contributed by atoms with Gasteiger partial charge in [-0.15, -0.1) is 0 Å². The highest BCUT2D eigenvalue weighted by Gasteiger charge is 2.44. The molecular formula is C11H16N2O2. The van der Waals surface area contributed by atoms with Crippen molar-refractivity contribution in [3.8, 4) is 0 Å². The highest BCUT2D eigenvalue weighted by Crippen LogP contribution is 2.47. The summed E-state index contributed by atoms with van der Waals surface area (Å²) in [5, 5.41) is 13.0. The Hall–Kier alpha value is -1.32. The van der Waals surface area contributed by atoms with Crippen molar-refractivity contribution in [3.05, 3.63) is 18.0 Å². The first-order chi connectivity index (χ1) is 7.08. The Bertz CT molecular complexity index is 370. The fourth-order valence-corrected chi connectivity index (χ4v) is 1.88. The van der Waals surface area contributed by atoms with E-state index in [1.807, 2.05) is 10.9 Å². The molecule has 4 nitrogen and oxygen atoms in total. The van der Waals surface area contributed by atoms with Gasteiger partial charge in [0.1, 0.15) is 0 Å². The van der Waals surface area contributed by atoms with E-state index in [9.17, 15) is 4.79 Å². The molecule has 1 saturated carbocycles. The topological polar surface area (TPSA) is 55.1 Å². The fraction of sp³-hybridized carbons (Fsp3) is 0.636. The molecule has 0 radical (unpaired) electrons. The minimum atomic E-state index is -0.684. The Kier molecular flexibility index (Phi) is 2.50. The van der Waals surface area contributed by atoms with Crippen molar-refractivity contribution >= 4 is 5.97 Å². The molecule has 1 fully saturated rings. The number of hydrogen-bond donors (Lipinski definition) is 1. The summed E-state index contributed by atoms with van der Waals surface area (Å²) >= 11 is 0. The summed E-state index contributed by atoms with van der Waals surface area (Å²) in [4.78, 5) is 10.7. The summed E-state index contributed by atoms with van der Waals surface area (Å²) in [7, 11) is 0. The van der Waals surface area contributed by atoms with Gasteiger partial charge in [-0.2, -0.15) is 5.10 Å². The van der Waals surface area contributed by atoms with Crippen LogP contribution in [0.3, 0.4) is 0 Å². The first-order valence-corrected chi connectivity index (χ1v) is 5.33. The van der Waals surface area contributed by atoms with E-state index in [1.54, 1.807) is 6.20 Å². The van der Waals surface area contributed by atoms with Gasteiger partial charge in [0.25, 0.3) is 0 Å². The average Bonchev–Trinajstić information content (AvgIpc) is 2.81. The van der Waals surface area contributed by atoms with Gasteiger partial charge in [-0.1, -0.05) is 13.8 Å². The molecule has 1 aliphatic carbocycles. The zero-order chi connectivity index (χ0) is 11.0. The van der Waals surface area contributed by atoms with Crippen molar-refractivity contribution < 1.29 is 9.90 Å². The normalized spacial score (nSPS) is 24.5. The molecule has 0 amide bonds. The molecule has 0 spiro atoms. The summed E-state index contributed by atoms with van der Waals surface area (Å²) in [5.41, 5.74) is 1.07. The van der Waals surface area contributed by atoms with Gasteiger partial charge in [-0.05, 0) is 17.9 Å². The summed E-state index contributed by atoms with van der Waals surface area (Å²) in [6.07, 6.45) is 4.55. The van der Waals surface area contributed by atoms with Crippen LogP contribution in [0.15, 0.2) is 12.4 Å². The van der Waals surface area contributed by atoms with E-state index in [0.717, 1.165) is 18.5 Å². The highest BCUT2D eigenvalue weighted by atomic mass is 16.4. The van der Waals surface area contributed by atoms with E-state index in [1.165, 1.54) is 0 Å². The van der Waals surface area contributed by atoms with Crippen molar-refractivity contribution in [2.24, 2.45) is 11.8 Å². The van der Waals surface area contributed by atoms with Crippen LogP contribution >= 0.6 is 0 Å². The second-order valence-electron chi connectivity index (χ2n) is 4.68. The van der Waals surface area contributed by atoms with E-state index in [-0.39, 0.29) is 11.8 Å². The lowest BCUT2D eigenvalue weighted by atomic mass is 10.2. The number of carbonyl (C=O) groups is 1. The first kappa shape index (κ1) is 10.2. The van der Waals surface area contributed by atoms with E-state index in [0.29, 0.717) is 5.92 Å². The molecule has 4 heteroatoms. The lowest BCUT2D eigenvalue weighted by Crippen LogP contribution is -2.04. The Morgan fingerprint density at radius 2 is 2.47 bits per heavy atom. The van der Waals surface area contributed by atoms with Crippen LogP contribution in [0.1, 0.15) is 31.7 Å². The van der Waals surface area contributed by atoms with Crippen LogP contribution in [-0.4, -0.2) is 20.9 Å². The summed E-state index contributed by atoms with van der Waals surface area (Å²) < 4.78 is 1.90. The van der Waals surface area contributed by atoms with Gasteiger partial charge in [0.15, 0.2) is 0 Å². The molecule has 2 unspecified atom stereocenters.